The molecule has 0 saturated carbocycles. The number of carbonyl (C=O) groups excluding carboxylic acids is 2. The first-order chi connectivity index (χ1) is 12.8. The monoisotopic (exact) mass is 336 g/mol. The number of isocyanates is 2. The van der Waals surface area contributed by atoms with Gasteiger partial charge < -0.3 is 10.8 Å². The third-order valence-corrected chi connectivity index (χ3v) is 4.39. The number of benzene rings is 5. The predicted molar refractivity (Wildman–Crippen MR) is 106 cm³/mol. The van der Waals surface area contributed by atoms with Gasteiger partial charge >= 0.3 is 0 Å². The summed E-state index contributed by atoms with van der Waals surface area (Å²) >= 11 is 0. The van der Waals surface area contributed by atoms with Crippen LogP contribution < -0.4 is 0 Å². The number of fused-ring (bicyclic) bond motifs is 2. The van der Waals surface area contributed by atoms with Gasteiger partial charge in [0.05, 0.1) is 0 Å². The molecule has 0 heterocycles. The number of nitrogens with zero attached hydrogens (tertiary/aromatic N) is 2. The second-order valence-corrected chi connectivity index (χ2v) is 5.60. The van der Waals surface area contributed by atoms with Crippen molar-refractivity contribution in [3.05, 3.63) is 83.6 Å². The third kappa shape index (κ3) is 2.72. The normalized spacial score (nSPS) is 9.85. The molecule has 0 bridgehead atoms. The molecule has 26 heavy (non-hydrogen) atoms. The maximum absolute atomic E-state index is 8.24. The zero-order valence-corrected chi connectivity index (χ0v) is 13.6. The first-order valence-electron chi connectivity index (χ1n) is 7.83. The lowest BCUT2D eigenvalue weighted by molar-refractivity contribution is 0.568. The van der Waals surface area contributed by atoms with Crippen molar-refractivity contribution in [1.29, 1.82) is 0 Å². The molecule has 0 aliphatic rings. The Kier molecular flexibility index (Phi) is 4.82. The molecule has 0 aromatic heterocycles. The van der Waals surface area contributed by atoms with Gasteiger partial charge in [0, 0.05) is 0 Å². The van der Waals surface area contributed by atoms with Crippen molar-refractivity contribution in [2.75, 3.05) is 0 Å². The summed E-state index contributed by atoms with van der Waals surface area (Å²) in [6.07, 6.45) is 1.00. The molecule has 124 valence electrons. The van der Waals surface area contributed by atoms with Crippen molar-refractivity contribution >= 4 is 55.2 Å². The largest absolute Gasteiger partial charge is 0.724 e. The second-order valence-electron chi connectivity index (χ2n) is 5.60. The van der Waals surface area contributed by atoms with Crippen LogP contribution in [0.5, 0.6) is 0 Å². The van der Waals surface area contributed by atoms with Crippen molar-refractivity contribution in [2.45, 2.75) is 0 Å². The average molecular weight is 336 g/mol. The van der Waals surface area contributed by atoms with E-state index in [2.05, 4.69) is 72.8 Å². The Labute approximate surface area is 149 Å². The Morgan fingerprint density at radius 1 is 0.500 bits per heavy atom. The van der Waals surface area contributed by atoms with Crippen LogP contribution in [0.1, 0.15) is 0 Å². The van der Waals surface area contributed by atoms with Gasteiger partial charge in [0.2, 0.25) is 0 Å². The van der Waals surface area contributed by atoms with Crippen LogP contribution in [0.2, 0.25) is 0 Å². The molecule has 0 radical (unpaired) electrons. The smallest absolute Gasteiger partial charge is 0.00264 e. The fourth-order valence-electron chi connectivity index (χ4n) is 3.58. The number of hydrogen-bond donors (Lipinski definition) is 0. The molecule has 4 heteroatoms. The highest BCUT2D eigenvalue weighted by molar-refractivity contribution is 6.32. The molecule has 0 saturated heterocycles. The van der Waals surface area contributed by atoms with E-state index in [1.54, 1.807) is 0 Å². The van der Waals surface area contributed by atoms with Crippen LogP contribution in [-0.4, -0.2) is 12.2 Å². The fraction of sp³-hybridized carbons (Fsp3) is 0. The fourth-order valence-corrected chi connectivity index (χ4v) is 3.58. The van der Waals surface area contributed by atoms with Crippen molar-refractivity contribution in [3.8, 4) is 0 Å². The van der Waals surface area contributed by atoms with Crippen LogP contribution in [-0.2, 0) is 9.59 Å². The first kappa shape index (κ1) is 17.0. The molecule has 0 N–H and O–H groups in total. The Hall–Kier alpha value is -3.84. The minimum absolute atomic E-state index is 0.500. The van der Waals surface area contributed by atoms with Gasteiger partial charge in [-0.25, -0.2) is 0 Å². The maximum Gasteiger partial charge on any atom is -0.00264 e. The van der Waals surface area contributed by atoms with Gasteiger partial charge in [0.1, 0.15) is 0 Å². The van der Waals surface area contributed by atoms with E-state index in [0.717, 1.165) is 0 Å². The summed E-state index contributed by atoms with van der Waals surface area (Å²) in [6.45, 7) is 0. The SMILES string of the molecule is [N-]=C=O.[N-]=C=O.c1cc2cccc3c4cccc5cccc(c(c1)c23)c54. The van der Waals surface area contributed by atoms with Gasteiger partial charge in [0.15, 0.2) is 0 Å². The second kappa shape index (κ2) is 7.37. The van der Waals surface area contributed by atoms with Gasteiger partial charge in [0.25, 0.3) is 0 Å². The zero-order valence-electron chi connectivity index (χ0n) is 13.6. The van der Waals surface area contributed by atoms with E-state index in [-0.39, 0.29) is 0 Å². The molecule has 0 unspecified atom stereocenters. The molecule has 4 nitrogen and oxygen atoms in total. The molecule has 0 spiro atoms. The van der Waals surface area contributed by atoms with E-state index in [1.165, 1.54) is 43.1 Å². The molecule has 0 fully saturated rings. The molecular formula is C22H12N2O2-2. The predicted octanol–water partition coefficient (Wildman–Crippen LogP) is 5.52. The summed E-state index contributed by atoms with van der Waals surface area (Å²) in [5.74, 6) is 0. The standard InChI is InChI=1S/C20H12.2CNO/c1-5-13-6-2-11-17-18-12-4-8-14-7-3-10-16(20(14)18)15(9-1)19(13)17;2*2-1-3/h1-12H;;/q;2*-1. The summed E-state index contributed by atoms with van der Waals surface area (Å²) in [5, 5.41) is 24.4. The molecule has 0 atom stereocenters. The van der Waals surface area contributed by atoms with Crippen molar-refractivity contribution in [3.63, 3.8) is 0 Å². The average Bonchev–Trinajstić information content (AvgIpc) is 2.67. The highest BCUT2D eigenvalue weighted by Gasteiger charge is 2.11. The zero-order chi connectivity index (χ0) is 18.5. The third-order valence-electron chi connectivity index (χ3n) is 4.39. The van der Waals surface area contributed by atoms with E-state index in [1.807, 2.05) is 0 Å². The van der Waals surface area contributed by atoms with Crippen molar-refractivity contribution in [2.24, 2.45) is 0 Å². The van der Waals surface area contributed by atoms with Crippen LogP contribution in [0, 0.1) is 0 Å². The summed E-state index contributed by atoms with van der Waals surface area (Å²) in [5.41, 5.74) is 0. The summed E-state index contributed by atoms with van der Waals surface area (Å²) in [6, 6.07) is 26.4. The molecule has 5 rings (SSSR count). The Balaban J connectivity index is 0.000000292. The minimum atomic E-state index is 0.500. The van der Waals surface area contributed by atoms with E-state index >= 15 is 0 Å². The Bertz CT molecular complexity index is 1100. The highest BCUT2D eigenvalue weighted by Crippen LogP contribution is 2.39. The maximum atomic E-state index is 8.24. The molecule has 0 aliphatic heterocycles. The van der Waals surface area contributed by atoms with Gasteiger partial charge in [-0.2, -0.15) is 0 Å². The minimum Gasteiger partial charge on any atom is -0.724 e. The number of hydrogen-bond acceptors (Lipinski definition) is 2. The number of rotatable bonds is 0. The van der Waals surface area contributed by atoms with E-state index in [4.69, 9.17) is 20.4 Å². The molecular weight excluding hydrogens is 324 g/mol. The molecule has 0 aliphatic carbocycles. The van der Waals surface area contributed by atoms with Gasteiger partial charge in [-0.1, -0.05) is 72.8 Å². The van der Waals surface area contributed by atoms with Gasteiger partial charge in [-0.05, 0) is 55.2 Å². The van der Waals surface area contributed by atoms with Crippen LogP contribution in [0.25, 0.3) is 53.9 Å². The van der Waals surface area contributed by atoms with Gasteiger partial charge in [-0.15, -0.1) is 0 Å². The lowest BCUT2D eigenvalue weighted by Gasteiger charge is -2.13. The van der Waals surface area contributed by atoms with Crippen LogP contribution in [0.3, 0.4) is 0 Å². The van der Waals surface area contributed by atoms with Gasteiger partial charge in [-0.3, -0.25) is 9.59 Å². The molecule has 5 aromatic rings. The lowest BCUT2D eigenvalue weighted by Crippen LogP contribution is -1.85. The summed E-state index contributed by atoms with van der Waals surface area (Å²) in [4.78, 5) is 16.5. The molecule has 0 amide bonds. The topological polar surface area (TPSA) is 78.7 Å². The van der Waals surface area contributed by atoms with Crippen molar-refractivity contribution < 1.29 is 9.59 Å². The van der Waals surface area contributed by atoms with Crippen LogP contribution >= 0.6 is 0 Å². The Morgan fingerprint density at radius 3 is 0.962 bits per heavy atom. The Morgan fingerprint density at radius 2 is 0.731 bits per heavy atom. The lowest BCUT2D eigenvalue weighted by atomic mass is 9.90. The van der Waals surface area contributed by atoms with E-state index < -0.39 is 0 Å². The van der Waals surface area contributed by atoms with Crippen LogP contribution in [0.4, 0.5) is 0 Å². The quantitative estimate of drug-likeness (QED) is 0.161. The summed E-state index contributed by atoms with van der Waals surface area (Å²) < 4.78 is 0. The highest BCUT2D eigenvalue weighted by atomic mass is 16.1. The summed E-state index contributed by atoms with van der Waals surface area (Å²) in [7, 11) is 0. The molecule has 5 aromatic carbocycles. The van der Waals surface area contributed by atoms with Crippen molar-refractivity contribution in [1.82, 2.24) is 0 Å². The van der Waals surface area contributed by atoms with E-state index in [0.29, 0.717) is 12.2 Å². The van der Waals surface area contributed by atoms with Crippen LogP contribution in [0.15, 0.2) is 72.8 Å². The van der Waals surface area contributed by atoms with E-state index in [9.17, 15) is 0 Å². The first-order valence-corrected chi connectivity index (χ1v) is 7.83.